The molecule has 1 amide bonds. The van der Waals surface area contributed by atoms with Gasteiger partial charge in [0.05, 0.1) is 0 Å². The first-order valence-electron chi connectivity index (χ1n) is 5.32. The fourth-order valence-electron chi connectivity index (χ4n) is 1.75. The molecule has 1 aliphatic rings. The Bertz CT molecular complexity index is 400. The van der Waals surface area contributed by atoms with Crippen LogP contribution in [0.15, 0.2) is 35.0 Å². The van der Waals surface area contributed by atoms with Crippen LogP contribution in [0.2, 0.25) is 0 Å². The van der Waals surface area contributed by atoms with E-state index in [-0.39, 0.29) is 5.91 Å². The zero-order valence-corrected chi connectivity index (χ0v) is 10.4. The maximum atomic E-state index is 11.7. The van der Waals surface area contributed by atoms with Crippen LogP contribution in [0, 0.1) is 5.92 Å². The highest BCUT2D eigenvalue weighted by Crippen LogP contribution is 2.20. The normalized spacial score (nSPS) is 18.7. The van der Waals surface area contributed by atoms with Crippen LogP contribution in [0.25, 0.3) is 0 Å². The van der Waals surface area contributed by atoms with E-state index in [0.717, 1.165) is 17.3 Å². The van der Waals surface area contributed by atoms with Gasteiger partial charge in [0.25, 0.3) is 0 Å². The SMILES string of the molecule is O=C(CC1C=CCC1)Nc1ccc(Br)cn1. The number of carbonyl (C=O) groups is 1. The smallest absolute Gasteiger partial charge is 0.226 e. The third-order valence-corrected chi connectivity index (χ3v) is 3.02. The summed E-state index contributed by atoms with van der Waals surface area (Å²) in [4.78, 5) is 15.8. The Hall–Kier alpha value is -1.16. The molecule has 1 unspecified atom stereocenters. The second-order valence-electron chi connectivity index (χ2n) is 3.88. The lowest BCUT2D eigenvalue weighted by Crippen LogP contribution is -2.15. The van der Waals surface area contributed by atoms with Crippen molar-refractivity contribution in [2.24, 2.45) is 5.92 Å². The van der Waals surface area contributed by atoms with Crippen molar-refractivity contribution in [1.82, 2.24) is 4.98 Å². The van der Waals surface area contributed by atoms with E-state index >= 15 is 0 Å². The largest absolute Gasteiger partial charge is 0.311 e. The number of rotatable bonds is 3. The number of hydrogen-bond donors (Lipinski definition) is 1. The molecule has 1 N–H and O–H groups in total. The van der Waals surface area contributed by atoms with Crippen molar-refractivity contribution in [1.29, 1.82) is 0 Å². The molecule has 0 saturated heterocycles. The molecule has 0 aromatic carbocycles. The first-order chi connectivity index (χ1) is 7.74. The van der Waals surface area contributed by atoms with Gasteiger partial charge in [0.1, 0.15) is 5.82 Å². The Morgan fingerprint density at radius 3 is 3.06 bits per heavy atom. The highest BCUT2D eigenvalue weighted by molar-refractivity contribution is 9.10. The summed E-state index contributed by atoms with van der Waals surface area (Å²) in [5.41, 5.74) is 0. The molecule has 0 saturated carbocycles. The quantitative estimate of drug-likeness (QED) is 0.865. The monoisotopic (exact) mass is 280 g/mol. The third kappa shape index (κ3) is 3.17. The van der Waals surface area contributed by atoms with Gasteiger partial charge in [-0.2, -0.15) is 0 Å². The first-order valence-corrected chi connectivity index (χ1v) is 6.11. The molecule has 0 spiro atoms. The molecule has 84 valence electrons. The molecule has 0 fully saturated rings. The van der Waals surface area contributed by atoms with Gasteiger partial charge < -0.3 is 5.32 Å². The van der Waals surface area contributed by atoms with Crippen molar-refractivity contribution in [3.8, 4) is 0 Å². The Balaban J connectivity index is 1.86. The average molecular weight is 281 g/mol. The fraction of sp³-hybridized carbons (Fsp3) is 0.333. The van der Waals surface area contributed by atoms with Crippen molar-refractivity contribution >= 4 is 27.7 Å². The van der Waals surface area contributed by atoms with Gasteiger partial charge in [-0.15, -0.1) is 0 Å². The molecular weight excluding hydrogens is 268 g/mol. The Morgan fingerprint density at radius 2 is 2.44 bits per heavy atom. The predicted molar refractivity (Wildman–Crippen MR) is 67.0 cm³/mol. The second-order valence-corrected chi connectivity index (χ2v) is 4.80. The molecule has 1 atom stereocenters. The Labute approximate surface area is 103 Å². The highest BCUT2D eigenvalue weighted by atomic mass is 79.9. The van der Waals surface area contributed by atoms with Crippen LogP contribution in [0.1, 0.15) is 19.3 Å². The number of pyridine rings is 1. The van der Waals surface area contributed by atoms with Crippen LogP contribution >= 0.6 is 15.9 Å². The number of aromatic nitrogens is 1. The minimum absolute atomic E-state index is 0.0337. The van der Waals surface area contributed by atoms with Gasteiger partial charge in [-0.1, -0.05) is 12.2 Å². The molecule has 0 radical (unpaired) electrons. The first kappa shape index (κ1) is 11.3. The molecule has 4 heteroatoms. The summed E-state index contributed by atoms with van der Waals surface area (Å²) in [5, 5.41) is 2.79. The van der Waals surface area contributed by atoms with Crippen LogP contribution in [0.5, 0.6) is 0 Å². The van der Waals surface area contributed by atoms with Crippen molar-refractivity contribution in [3.63, 3.8) is 0 Å². The molecule has 0 bridgehead atoms. The summed E-state index contributed by atoms with van der Waals surface area (Å²) in [6.45, 7) is 0. The highest BCUT2D eigenvalue weighted by Gasteiger charge is 2.14. The number of halogens is 1. The fourth-order valence-corrected chi connectivity index (χ4v) is 1.98. The minimum atomic E-state index is 0.0337. The van der Waals surface area contributed by atoms with Crippen LogP contribution < -0.4 is 5.32 Å². The van der Waals surface area contributed by atoms with Crippen LogP contribution in [-0.2, 0) is 4.79 Å². The van der Waals surface area contributed by atoms with Gasteiger partial charge in [0.2, 0.25) is 5.91 Å². The lowest BCUT2D eigenvalue weighted by Gasteiger charge is -2.07. The Kier molecular flexibility index (Phi) is 3.72. The third-order valence-electron chi connectivity index (χ3n) is 2.55. The van der Waals surface area contributed by atoms with Gasteiger partial charge >= 0.3 is 0 Å². The molecular formula is C12H13BrN2O. The lowest BCUT2D eigenvalue weighted by atomic mass is 10.1. The lowest BCUT2D eigenvalue weighted by molar-refractivity contribution is -0.116. The van der Waals surface area contributed by atoms with E-state index in [4.69, 9.17) is 0 Å². The van der Waals surface area contributed by atoms with E-state index in [9.17, 15) is 4.79 Å². The van der Waals surface area contributed by atoms with E-state index in [0.29, 0.717) is 18.2 Å². The second kappa shape index (κ2) is 5.25. The average Bonchev–Trinajstić information content (AvgIpc) is 2.74. The van der Waals surface area contributed by atoms with Gasteiger partial charge in [-0.3, -0.25) is 4.79 Å². The number of allylic oxidation sites excluding steroid dienone is 2. The van der Waals surface area contributed by atoms with Gasteiger partial charge in [0.15, 0.2) is 0 Å². The number of hydrogen-bond acceptors (Lipinski definition) is 2. The Morgan fingerprint density at radius 1 is 1.56 bits per heavy atom. The summed E-state index contributed by atoms with van der Waals surface area (Å²) < 4.78 is 0.907. The maximum absolute atomic E-state index is 11.7. The molecule has 1 aromatic heterocycles. The van der Waals surface area contributed by atoms with E-state index in [2.05, 4.69) is 38.4 Å². The molecule has 3 nitrogen and oxygen atoms in total. The molecule has 2 rings (SSSR count). The molecule has 1 aliphatic carbocycles. The van der Waals surface area contributed by atoms with Crippen molar-refractivity contribution in [3.05, 3.63) is 35.0 Å². The summed E-state index contributed by atoms with van der Waals surface area (Å²) in [5.74, 6) is 1.04. The zero-order valence-electron chi connectivity index (χ0n) is 8.82. The number of amides is 1. The van der Waals surface area contributed by atoms with Crippen molar-refractivity contribution < 1.29 is 4.79 Å². The van der Waals surface area contributed by atoms with E-state index in [1.807, 2.05) is 6.07 Å². The number of carbonyl (C=O) groups excluding carboxylic acids is 1. The summed E-state index contributed by atoms with van der Waals surface area (Å²) >= 11 is 3.30. The van der Waals surface area contributed by atoms with E-state index < -0.39 is 0 Å². The van der Waals surface area contributed by atoms with Crippen LogP contribution in [-0.4, -0.2) is 10.9 Å². The number of anilines is 1. The minimum Gasteiger partial charge on any atom is -0.311 e. The summed E-state index contributed by atoms with van der Waals surface area (Å²) in [6, 6.07) is 3.64. The molecule has 0 aliphatic heterocycles. The number of nitrogens with one attached hydrogen (secondary N) is 1. The van der Waals surface area contributed by atoms with Gasteiger partial charge in [-0.05, 0) is 46.8 Å². The van der Waals surface area contributed by atoms with E-state index in [1.165, 1.54) is 0 Å². The van der Waals surface area contributed by atoms with Gasteiger partial charge in [-0.25, -0.2) is 4.98 Å². The zero-order chi connectivity index (χ0) is 11.4. The van der Waals surface area contributed by atoms with Crippen LogP contribution in [0.3, 0.4) is 0 Å². The molecule has 1 aromatic rings. The molecule has 16 heavy (non-hydrogen) atoms. The predicted octanol–water partition coefficient (Wildman–Crippen LogP) is 3.14. The van der Waals surface area contributed by atoms with Gasteiger partial charge in [0, 0.05) is 17.1 Å². The van der Waals surface area contributed by atoms with Crippen molar-refractivity contribution in [2.45, 2.75) is 19.3 Å². The van der Waals surface area contributed by atoms with E-state index in [1.54, 1.807) is 12.3 Å². The molecule has 1 heterocycles. The van der Waals surface area contributed by atoms with Crippen molar-refractivity contribution in [2.75, 3.05) is 5.32 Å². The maximum Gasteiger partial charge on any atom is 0.226 e. The standard InChI is InChI=1S/C12H13BrN2O/c13-10-5-6-11(14-8-10)15-12(16)7-9-3-1-2-4-9/h1,3,5-6,8-9H,2,4,7H2,(H,14,15,16). The topological polar surface area (TPSA) is 42.0 Å². The summed E-state index contributed by atoms with van der Waals surface area (Å²) in [7, 11) is 0. The van der Waals surface area contributed by atoms with Crippen LogP contribution in [0.4, 0.5) is 5.82 Å². The number of nitrogens with zero attached hydrogens (tertiary/aromatic N) is 1. The summed E-state index contributed by atoms with van der Waals surface area (Å²) in [6.07, 6.45) is 8.65.